The van der Waals surface area contributed by atoms with E-state index < -0.39 is 5.60 Å². The van der Waals surface area contributed by atoms with Crippen molar-refractivity contribution in [1.29, 1.82) is 0 Å². The summed E-state index contributed by atoms with van der Waals surface area (Å²) in [4.78, 5) is 11.9. The van der Waals surface area contributed by atoms with Gasteiger partial charge in [-0.2, -0.15) is 0 Å². The molecule has 124 valence electrons. The number of aryl methyl sites for hydroxylation is 1. The van der Waals surface area contributed by atoms with Gasteiger partial charge in [-0.1, -0.05) is 28.9 Å². The molecule has 0 aliphatic carbocycles. The molecule has 4 nitrogen and oxygen atoms in total. The summed E-state index contributed by atoms with van der Waals surface area (Å²) in [6.07, 6.45) is 1.14. The summed E-state index contributed by atoms with van der Waals surface area (Å²) >= 11 is 3.51. The normalized spacial score (nSPS) is 12.7. The molecule has 0 spiro atoms. The lowest BCUT2D eigenvalue weighted by molar-refractivity contribution is 0.0502. The summed E-state index contributed by atoms with van der Waals surface area (Å²) in [5.74, 6) is 0.821. The topological polar surface area (TPSA) is 47.6 Å². The largest absolute Gasteiger partial charge is 0.496 e. The second kappa shape index (κ2) is 7.86. The molecule has 0 radical (unpaired) electrons. The Morgan fingerprint density at radius 1 is 1.36 bits per heavy atom. The summed E-state index contributed by atoms with van der Waals surface area (Å²) in [5.41, 5.74) is 1.72. The number of alkyl carbamates (subject to hydrolysis) is 1. The minimum Gasteiger partial charge on any atom is -0.496 e. The molecule has 22 heavy (non-hydrogen) atoms. The number of carbonyl (C=O) groups excluding carboxylic acids is 1. The van der Waals surface area contributed by atoms with Crippen LogP contribution in [0.25, 0.3) is 0 Å². The molecule has 1 amide bonds. The molecule has 1 N–H and O–H groups in total. The first-order chi connectivity index (χ1) is 10.2. The van der Waals surface area contributed by atoms with E-state index in [1.165, 1.54) is 0 Å². The fourth-order valence-corrected chi connectivity index (χ4v) is 2.43. The molecule has 1 aromatic rings. The molecule has 1 aromatic carbocycles. The number of halogens is 1. The lowest BCUT2D eigenvalue weighted by Gasteiger charge is -2.23. The van der Waals surface area contributed by atoms with Crippen LogP contribution in [0.1, 0.15) is 45.2 Å². The van der Waals surface area contributed by atoms with Gasteiger partial charge < -0.3 is 14.8 Å². The zero-order valence-electron chi connectivity index (χ0n) is 14.2. The van der Waals surface area contributed by atoms with E-state index in [4.69, 9.17) is 9.47 Å². The van der Waals surface area contributed by atoms with Gasteiger partial charge in [-0.15, -0.1) is 0 Å². The number of rotatable bonds is 5. The van der Waals surface area contributed by atoms with Crippen molar-refractivity contribution in [3.05, 3.63) is 27.7 Å². The van der Waals surface area contributed by atoms with E-state index in [1.54, 1.807) is 7.11 Å². The smallest absolute Gasteiger partial charge is 0.407 e. The average Bonchev–Trinajstić information content (AvgIpc) is 2.39. The summed E-state index contributed by atoms with van der Waals surface area (Å²) < 4.78 is 11.8. The van der Waals surface area contributed by atoms with Gasteiger partial charge in [0.25, 0.3) is 0 Å². The van der Waals surface area contributed by atoms with Crippen molar-refractivity contribution in [2.24, 2.45) is 0 Å². The van der Waals surface area contributed by atoms with Crippen molar-refractivity contribution < 1.29 is 14.3 Å². The fraction of sp³-hybridized carbons (Fsp3) is 0.588. The zero-order valence-corrected chi connectivity index (χ0v) is 15.8. The number of hydrogen-bond acceptors (Lipinski definition) is 3. The monoisotopic (exact) mass is 371 g/mol. The highest BCUT2D eigenvalue weighted by atomic mass is 79.9. The maximum absolute atomic E-state index is 11.9. The summed E-state index contributed by atoms with van der Waals surface area (Å²) in [7, 11) is 1.66. The van der Waals surface area contributed by atoms with E-state index in [1.807, 2.05) is 40.7 Å². The van der Waals surface area contributed by atoms with E-state index >= 15 is 0 Å². The first-order valence-electron chi connectivity index (χ1n) is 7.48. The van der Waals surface area contributed by atoms with Gasteiger partial charge in [0.1, 0.15) is 11.4 Å². The number of nitrogens with one attached hydrogen (secondary N) is 1. The number of carbonyl (C=O) groups is 1. The Hall–Kier alpha value is -1.23. The van der Waals surface area contributed by atoms with Crippen molar-refractivity contribution in [3.63, 3.8) is 0 Å². The lowest BCUT2D eigenvalue weighted by atomic mass is 10.0. The molecule has 1 unspecified atom stereocenters. The van der Waals surface area contributed by atoms with E-state index in [0.29, 0.717) is 6.42 Å². The molecule has 0 fully saturated rings. The molecule has 0 aromatic heterocycles. The molecule has 0 saturated heterocycles. The van der Waals surface area contributed by atoms with Crippen LogP contribution in [0.15, 0.2) is 16.6 Å². The Bertz CT molecular complexity index is 523. The van der Waals surface area contributed by atoms with E-state index in [9.17, 15) is 4.79 Å². The Kier molecular flexibility index (Phi) is 6.72. The van der Waals surface area contributed by atoms with Crippen LogP contribution in [0.2, 0.25) is 0 Å². The van der Waals surface area contributed by atoms with Crippen LogP contribution in [-0.2, 0) is 11.2 Å². The molecule has 1 atom stereocenters. The second-order valence-corrected chi connectivity index (χ2v) is 7.22. The van der Waals surface area contributed by atoms with E-state index in [0.717, 1.165) is 27.8 Å². The van der Waals surface area contributed by atoms with Crippen LogP contribution in [0.4, 0.5) is 4.79 Å². The van der Waals surface area contributed by atoms with Crippen molar-refractivity contribution in [2.75, 3.05) is 7.11 Å². The summed E-state index contributed by atoms with van der Waals surface area (Å²) in [6, 6.07) is 4.05. The van der Waals surface area contributed by atoms with Gasteiger partial charge in [-0.25, -0.2) is 4.79 Å². The van der Waals surface area contributed by atoms with Gasteiger partial charge in [0.05, 0.1) is 7.11 Å². The SMILES string of the molecule is CCC(Cc1cc(C)c(Br)cc1OC)NC(=O)OC(C)(C)C. The van der Waals surface area contributed by atoms with Crippen LogP contribution in [0.5, 0.6) is 5.75 Å². The quantitative estimate of drug-likeness (QED) is 0.821. The maximum Gasteiger partial charge on any atom is 0.407 e. The van der Waals surface area contributed by atoms with Crippen molar-refractivity contribution >= 4 is 22.0 Å². The molecule has 5 heteroatoms. The number of ether oxygens (including phenoxy) is 2. The van der Waals surface area contributed by atoms with Crippen LogP contribution in [0, 0.1) is 6.92 Å². The maximum atomic E-state index is 11.9. The zero-order chi connectivity index (χ0) is 16.9. The minimum atomic E-state index is -0.492. The molecule has 0 saturated carbocycles. The molecule has 0 heterocycles. The first kappa shape index (κ1) is 18.8. The Morgan fingerprint density at radius 3 is 2.50 bits per heavy atom. The third-order valence-electron chi connectivity index (χ3n) is 3.24. The lowest BCUT2D eigenvalue weighted by Crippen LogP contribution is -2.40. The highest BCUT2D eigenvalue weighted by molar-refractivity contribution is 9.10. The Balaban J connectivity index is 2.82. The van der Waals surface area contributed by atoms with Gasteiger partial charge in [0.15, 0.2) is 0 Å². The van der Waals surface area contributed by atoms with Gasteiger partial charge >= 0.3 is 6.09 Å². The number of benzene rings is 1. The van der Waals surface area contributed by atoms with Gasteiger partial charge in [-0.05, 0) is 57.7 Å². The van der Waals surface area contributed by atoms with Gasteiger partial charge in [0, 0.05) is 10.5 Å². The molecule has 0 aliphatic rings. The molecule has 0 aliphatic heterocycles. The highest BCUT2D eigenvalue weighted by Crippen LogP contribution is 2.28. The average molecular weight is 372 g/mol. The standard InChI is InChI=1S/C17H26BrNO3/c1-7-13(19-16(20)22-17(3,4)5)9-12-8-11(2)14(18)10-15(12)21-6/h8,10,13H,7,9H2,1-6H3,(H,19,20). The predicted molar refractivity (Wildman–Crippen MR) is 92.6 cm³/mol. The third-order valence-corrected chi connectivity index (χ3v) is 4.10. The van der Waals surface area contributed by atoms with Crippen LogP contribution >= 0.6 is 15.9 Å². The van der Waals surface area contributed by atoms with E-state index in [2.05, 4.69) is 27.3 Å². The summed E-state index contributed by atoms with van der Waals surface area (Å²) in [6.45, 7) is 9.65. The van der Waals surface area contributed by atoms with Crippen molar-refractivity contribution in [3.8, 4) is 5.75 Å². The van der Waals surface area contributed by atoms with Gasteiger partial charge in [-0.3, -0.25) is 0 Å². The molecule has 1 rings (SSSR count). The Labute approximate surface area is 141 Å². The van der Waals surface area contributed by atoms with Crippen molar-refractivity contribution in [2.45, 2.75) is 59.1 Å². The highest BCUT2D eigenvalue weighted by Gasteiger charge is 2.20. The Morgan fingerprint density at radius 2 is 2.00 bits per heavy atom. The van der Waals surface area contributed by atoms with Crippen molar-refractivity contribution in [1.82, 2.24) is 5.32 Å². The van der Waals surface area contributed by atoms with E-state index in [-0.39, 0.29) is 12.1 Å². The molecular formula is C17H26BrNO3. The first-order valence-corrected chi connectivity index (χ1v) is 8.28. The summed E-state index contributed by atoms with van der Waals surface area (Å²) in [5, 5.41) is 2.93. The van der Waals surface area contributed by atoms with Gasteiger partial charge in [0.2, 0.25) is 0 Å². The van der Waals surface area contributed by atoms with Crippen LogP contribution in [0.3, 0.4) is 0 Å². The third kappa shape index (κ3) is 5.87. The van der Waals surface area contributed by atoms with Crippen LogP contribution in [-0.4, -0.2) is 24.8 Å². The second-order valence-electron chi connectivity index (χ2n) is 6.37. The fourth-order valence-electron chi connectivity index (χ4n) is 2.11. The minimum absolute atomic E-state index is 0.00401. The number of methoxy groups -OCH3 is 1. The molecule has 0 bridgehead atoms. The predicted octanol–water partition coefficient (Wildman–Crippen LogP) is 4.61. The number of hydrogen-bond donors (Lipinski definition) is 1. The number of amides is 1. The van der Waals surface area contributed by atoms with Crippen LogP contribution < -0.4 is 10.1 Å². The molecular weight excluding hydrogens is 346 g/mol.